The van der Waals surface area contributed by atoms with Crippen molar-refractivity contribution in [1.29, 1.82) is 0 Å². The maximum atomic E-state index is 5.55. The lowest BCUT2D eigenvalue weighted by molar-refractivity contribution is 0.675. The molecule has 0 spiro atoms. The third-order valence-electron chi connectivity index (χ3n) is 1.57. The molecule has 4 nitrogen and oxygen atoms in total. The molecule has 0 atom stereocenters. The van der Waals surface area contributed by atoms with Crippen LogP contribution in [0.5, 0.6) is 0 Å². The van der Waals surface area contributed by atoms with Gasteiger partial charge in [-0.15, -0.1) is 0 Å². The number of rotatable bonds is 0. The zero-order chi connectivity index (χ0) is 7.68. The number of nitrogens with zero attached hydrogens (tertiary/aromatic N) is 2. The molecule has 3 N–H and O–H groups in total. The second-order valence-corrected chi connectivity index (χ2v) is 2.29. The Morgan fingerprint density at radius 3 is 3.00 bits per heavy atom. The Bertz CT molecular complexity index is 294. The number of fused-ring (bicyclic) bond motifs is 1. The van der Waals surface area contributed by atoms with Crippen LogP contribution in [0.25, 0.3) is 0 Å². The van der Waals surface area contributed by atoms with Crippen LogP contribution in [-0.2, 0) is 0 Å². The standard InChI is InChI=1S/C7H8N4/c8-11-7-4-2-1-3-6(7)5-9-10-11/h1-5,10H,8H2. The molecule has 0 amide bonds. The van der Waals surface area contributed by atoms with Gasteiger partial charge in [0.15, 0.2) is 0 Å². The number of para-hydroxylation sites is 1. The Kier molecular flexibility index (Phi) is 1.26. The highest BCUT2D eigenvalue weighted by Crippen LogP contribution is 2.16. The zero-order valence-electron chi connectivity index (χ0n) is 5.86. The highest BCUT2D eigenvalue weighted by atomic mass is 15.8. The summed E-state index contributed by atoms with van der Waals surface area (Å²) in [5, 5.41) is 5.21. The minimum atomic E-state index is 0.933. The summed E-state index contributed by atoms with van der Waals surface area (Å²) in [6.07, 6.45) is 1.73. The maximum absolute atomic E-state index is 5.55. The molecule has 0 fully saturated rings. The van der Waals surface area contributed by atoms with Crippen LogP contribution >= 0.6 is 0 Å². The van der Waals surface area contributed by atoms with Crippen LogP contribution in [0.4, 0.5) is 5.69 Å². The minimum Gasteiger partial charge on any atom is -0.227 e. The minimum absolute atomic E-state index is 0.933. The van der Waals surface area contributed by atoms with E-state index in [1.165, 1.54) is 5.12 Å². The van der Waals surface area contributed by atoms with Crippen LogP contribution in [0, 0.1) is 0 Å². The van der Waals surface area contributed by atoms with E-state index in [-0.39, 0.29) is 0 Å². The van der Waals surface area contributed by atoms with E-state index in [0.29, 0.717) is 0 Å². The maximum Gasteiger partial charge on any atom is 0.0858 e. The van der Waals surface area contributed by atoms with E-state index in [2.05, 4.69) is 10.6 Å². The molecule has 0 saturated heterocycles. The van der Waals surface area contributed by atoms with E-state index in [4.69, 9.17) is 5.84 Å². The van der Waals surface area contributed by atoms with Crippen LogP contribution in [0.2, 0.25) is 0 Å². The number of benzene rings is 1. The molecule has 0 bridgehead atoms. The SMILES string of the molecule is NN1NN=Cc2ccccc21. The smallest absolute Gasteiger partial charge is 0.0858 e. The summed E-state index contributed by atoms with van der Waals surface area (Å²) in [6, 6.07) is 7.76. The number of anilines is 1. The summed E-state index contributed by atoms with van der Waals surface area (Å²) in [4.78, 5) is 0. The molecule has 1 heterocycles. The molecular weight excluding hydrogens is 140 g/mol. The lowest BCUT2D eigenvalue weighted by atomic mass is 10.2. The number of hydrazone groups is 1. The topological polar surface area (TPSA) is 53.6 Å². The fraction of sp³-hybridized carbons (Fsp3) is 0. The average molecular weight is 148 g/mol. The van der Waals surface area contributed by atoms with Crippen molar-refractivity contribution in [3.8, 4) is 0 Å². The molecule has 1 aromatic rings. The number of hydrazine groups is 2. The van der Waals surface area contributed by atoms with E-state index in [0.717, 1.165) is 11.3 Å². The number of hydrogen-bond acceptors (Lipinski definition) is 4. The Morgan fingerprint density at radius 1 is 1.36 bits per heavy atom. The molecule has 0 unspecified atom stereocenters. The normalized spacial score (nSPS) is 14.1. The summed E-state index contributed by atoms with van der Waals surface area (Å²) in [5.41, 5.74) is 4.57. The molecule has 56 valence electrons. The molecule has 2 rings (SSSR count). The van der Waals surface area contributed by atoms with Gasteiger partial charge in [-0.05, 0) is 6.07 Å². The van der Waals surface area contributed by atoms with Crippen molar-refractivity contribution in [3.05, 3.63) is 29.8 Å². The quantitative estimate of drug-likeness (QED) is 0.517. The Hall–Kier alpha value is -1.55. The Balaban J connectivity index is 2.54. The Labute approximate surface area is 64.2 Å². The van der Waals surface area contributed by atoms with Gasteiger partial charge < -0.3 is 0 Å². The molecular formula is C7H8N4. The van der Waals surface area contributed by atoms with Gasteiger partial charge in [-0.1, -0.05) is 18.2 Å². The van der Waals surface area contributed by atoms with Crippen molar-refractivity contribution in [1.82, 2.24) is 5.53 Å². The van der Waals surface area contributed by atoms with Gasteiger partial charge in [0.1, 0.15) is 0 Å². The van der Waals surface area contributed by atoms with E-state index in [1.54, 1.807) is 6.21 Å². The van der Waals surface area contributed by atoms with Crippen LogP contribution in [0.15, 0.2) is 29.4 Å². The largest absolute Gasteiger partial charge is 0.227 e. The molecule has 1 aromatic carbocycles. The van der Waals surface area contributed by atoms with Crippen LogP contribution in [0.1, 0.15) is 5.56 Å². The Morgan fingerprint density at radius 2 is 2.18 bits per heavy atom. The van der Waals surface area contributed by atoms with Crippen LogP contribution in [0.3, 0.4) is 0 Å². The van der Waals surface area contributed by atoms with Gasteiger partial charge in [0, 0.05) is 5.56 Å². The lowest BCUT2D eigenvalue weighted by Crippen LogP contribution is -2.43. The van der Waals surface area contributed by atoms with Gasteiger partial charge in [-0.2, -0.15) is 5.10 Å². The van der Waals surface area contributed by atoms with E-state index in [9.17, 15) is 0 Å². The van der Waals surface area contributed by atoms with Crippen LogP contribution in [-0.4, -0.2) is 6.21 Å². The van der Waals surface area contributed by atoms with Crippen molar-refractivity contribution < 1.29 is 0 Å². The molecule has 11 heavy (non-hydrogen) atoms. The van der Waals surface area contributed by atoms with Crippen molar-refractivity contribution in [2.24, 2.45) is 10.9 Å². The first-order valence-corrected chi connectivity index (χ1v) is 3.30. The predicted molar refractivity (Wildman–Crippen MR) is 43.8 cm³/mol. The van der Waals surface area contributed by atoms with Crippen LogP contribution < -0.4 is 16.5 Å². The first kappa shape index (κ1) is 6.18. The highest BCUT2D eigenvalue weighted by molar-refractivity contribution is 5.88. The van der Waals surface area contributed by atoms with E-state index < -0.39 is 0 Å². The fourth-order valence-corrected chi connectivity index (χ4v) is 1.03. The fourth-order valence-electron chi connectivity index (χ4n) is 1.03. The molecule has 0 radical (unpaired) electrons. The van der Waals surface area contributed by atoms with Gasteiger partial charge >= 0.3 is 0 Å². The van der Waals surface area contributed by atoms with Gasteiger partial charge in [-0.3, -0.25) is 0 Å². The first-order chi connectivity index (χ1) is 5.38. The first-order valence-electron chi connectivity index (χ1n) is 3.30. The molecule has 0 aromatic heterocycles. The second-order valence-electron chi connectivity index (χ2n) is 2.29. The van der Waals surface area contributed by atoms with E-state index >= 15 is 0 Å². The van der Waals surface area contributed by atoms with Gasteiger partial charge in [0.2, 0.25) is 0 Å². The third kappa shape index (κ3) is 0.929. The van der Waals surface area contributed by atoms with Crippen molar-refractivity contribution >= 4 is 11.9 Å². The number of nitrogens with one attached hydrogen (secondary N) is 1. The van der Waals surface area contributed by atoms with Crippen molar-refractivity contribution in [2.75, 3.05) is 5.12 Å². The summed E-state index contributed by atoms with van der Waals surface area (Å²) < 4.78 is 0. The number of nitrogens with two attached hydrogens (primary N) is 1. The molecule has 0 aliphatic carbocycles. The van der Waals surface area contributed by atoms with Crippen molar-refractivity contribution in [3.63, 3.8) is 0 Å². The van der Waals surface area contributed by atoms with Gasteiger partial charge in [0.25, 0.3) is 0 Å². The van der Waals surface area contributed by atoms with Crippen molar-refractivity contribution in [2.45, 2.75) is 0 Å². The predicted octanol–water partition coefficient (Wildman–Crippen LogP) is 0.219. The average Bonchev–Trinajstić information content (AvgIpc) is 2.06. The summed E-state index contributed by atoms with van der Waals surface area (Å²) in [6.45, 7) is 0. The second kappa shape index (κ2) is 2.25. The third-order valence-corrected chi connectivity index (χ3v) is 1.57. The monoisotopic (exact) mass is 148 g/mol. The lowest BCUT2D eigenvalue weighted by Gasteiger charge is -2.22. The molecule has 1 aliphatic heterocycles. The van der Waals surface area contributed by atoms with Gasteiger partial charge in [-0.25, -0.2) is 16.5 Å². The number of hydrogen-bond donors (Lipinski definition) is 2. The van der Waals surface area contributed by atoms with E-state index in [1.807, 2.05) is 24.3 Å². The summed E-state index contributed by atoms with van der Waals surface area (Å²) >= 11 is 0. The highest BCUT2D eigenvalue weighted by Gasteiger charge is 2.07. The van der Waals surface area contributed by atoms with Gasteiger partial charge in [0.05, 0.1) is 11.9 Å². The summed E-state index contributed by atoms with van der Waals surface area (Å²) in [7, 11) is 0. The summed E-state index contributed by atoms with van der Waals surface area (Å²) in [5.74, 6) is 5.55. The molecule has 0 saturated carbocycles. The molecule has 4 heteroatoms. The molecule has 1 aliphatic rings. The zero-order valence-corrected chi connectivity index (χ0v) is 5.86.